The lowest BCUT2D eigenvalue weighted by Gasteiger charge is -2.38. The maximum Gasteiger partial charge on any atom is 0.153 e. The van der Waals surface area contributed by atoms with E-state index < -0.39 is 25.7 Å². The van der Waals surface area contributed by atoms with Crippen molar-refractivity contribution in [2.24, 2.45) is 5.73 Å². The highest BCUT2D eigenvalue weighted by atomic mass is 32.2. The van der Waals surface area contributed by atoms with Crippen LogP contribution in [0.1, 0.15) is 6.92 Å². The molecule has 0 bridgehead atoms. The molecule has 2 N–H and O–H groups in total. The van der Waals surface area contributed by atoms with Crippen molar-refractivity contribution in [3.63, 3.8) is 0 Å². The van der Waals surface area contributed by atoms with Gasteiger partial charge in [0.05, 0.1) is 23.0 Å². The number of sulfone groups is 2. The monoisotopic (exact) mass is 282 g/mol. The van der Waals surface area contributed by atoms with Gasteiger partial charge in [-0.3, -0.25) is 4.90 Å². The van der Waals surface area contributed by atoms with Crippen molar-refractivity contribution < 1.29 is 16.8 Å². The molecular formula is C9H18N2O4S2. The lowest BCUT2D eigenvalue weighted by Crippen LogP contribution is -2.56. The Balaban J connectivity index is 2.15. The molecule has 6 nitrogen and oxygen atoms in total. The average Bonchev–Trinajstić information content (AvgIpc) is 2.38. The highest BCUT2D eigenvalue weighted by Gasteiger charge is 2.42. The van der Waals surface area contributed by atoms with E-state index in [4.69, 9.17) is 5.73 Å². The Morgan fingerprint density at radius 1 is 1.06 bits per heavy atom. The largest absolute Gasteiger partial charge is 0.325 e. The van der Waals surface area contributed by atoms with E-state index in [1.165, 1.54) is 0 Å². The zero-order chi connectivity index (χ0) is 12.8. The summed E-state index contributed by atoms with van der Waals surface area (Å²) in [6.45, 7) is 2.20. The summed E-state index contributed by atoms with van der Waals surface area (Å²) in [4.78, 5) is 1.94. The van der Waals surface area contributed by atoms with Gasteiger partial charge in [0, 0.05) is 24.7 Å². The summed E-state index contributed by atoms with van der Waals surface area (Å²) in [6, 6.07) is -0.785. The van der Waals surface area contributed by atoms with Gasteiger partial charge in [-0.2, -0.15) is 0 Å². The van der Waals surface area contributed by atoms with Crippen LogP contribution >= 0.6 is 0 Å². The van der Waals surface area contributed by atoms with Gasteiger partial charge >= 0.3 is 0 Å². The van der Waals surface area contributed by atoms with Crippen LogP contribution < -0.4 is 5.73 Å². The maximum absolute atomic E-state index is 11.5. The van der Waals surface area contributed by atoms with Crippen LogP contribution in [0.2, 0.25) is 0 Å². The second kappa shape index (κ2) is 4.18. The molecule has 0 radical (unpaired) electrons. The fourth-order valence-corrected chi connectivity index (χ4v) is 6.19. The van der Waals surface area contributed by atoms with Crippen molar-refractivity contribution in [3.05, 3.63) is 0 Å². The number of hydrogen-bond donors (Lipinski definition) is 1. The Morgan fingerprint density at radius 2 is 1.71 bits per heavy atom. The van der Waals surface area contributed by atoms with Crippen molar-refractivity contribution in [3.8, 4) is 0 Å². The quantitative estimate of drug-likeness (QED) is 0.611. The van der Waals surface area contributed by atoms with Crippen molar-refractivity contribution in [1.82, 2.24) is 4.90 Å². The summed E-state index contributed by atoms with van der Waals surface area (Å²) in [6.07, 6.45) is 0. The smallest absolute Gasteiger partial charge is 0.153 e. The zero-order valence-corrected chi connectivity index (χ0v) is 11.4. The predicted octanol–water partition coefficient (Wildman–Crippen LogP) is -1.77. The molecule has 2 rings (SSSR count). The SMILES string of the molecule is CC1CS(=O)(=O)CCN1C1CS(=O)(=O)CC1N. The first-order valence-electron chi connectivity index (χ1n) is 5.62. The number of nitrogens with zero attached hydrogens (tertiary/aromatic N) is 1. The molecule has 100 valence electrons. The minimum absolute atomic E-state index is 0.00758. The van der Waals surface area contributed by atoms with Gasteiger partial charge in [0.2, 0.25) is 0 Å². The molecule has 8 heteroatoms. The summed E-state index contributed by atoms with van der Waals surface area (Å²) in [5, 5.41) is 0. The highest BCUT2D eigenvalue weighted by Crippen LogP contribution is 2.22. The van der Waals surface area contributed by atoms with Gasteiger partial charge in [0.15, 0.2) is 19.7 Å². The second-order valence-corrected chi connectivity index (χ2v) is 9.39. The van der Waals surface area contributed by atoms with Crippen LogP contribution in [0.4, 0.5) is 0 Å². The van der Waals surface area contributed by atoms with Crippen LogP contribution in [-0.2, 0) is 19.7 Å². The molecule has 0 spiro atoms. The summed E-state index contributed by atoms with van der Waals surface area (Å²) in [5.41, 5.74) is 5.84. The van der Waals surface area contributed by atoms with Crippen molar-refractivity contribution in [2.75, 3.05) is 29.6 Å². The molecule has 3 atom stereocenters. The summed E-state index contributed by atoms with van der Waals surface area (Å²) >= 11 is 0. The van der Waals surface area contributed by atoms with E-state index in [1.807, 2.05) is 11.8 Å². The van der Waals surface area contributed by atoms with Crippen LogP contribution in [0.5, 0.6) is 0 Å². The van der Waals surface area contributed by atoms with E-state index in [0.717, 1.165) is 0 Å². The predicted molar refractivity (Wildman–Crippen MR) is 65.2 cm³/mol. The molecule has 2 aliphatic heterocycles. The summed E-state index contributed by atoms with van der Waals surface area (Å²) in [7, 11) is -6.03. The summed E-state index contributed by atoms with van der Waals surface area (Å²) < 4.78 is 45.9. The van der Waals surface area contributed by atoms with Crippen LogP contribution in [0.25, 0.3) is 0 Å². The molecule has 0 aliphatic carbocycles. The van der Waals surface area contributed by atoms with E-state index in [9.17, 15) is 16.8 Å². The summed E-state index contributed by atoms with van der Waals surface area (Å²) in [5.74, 6) is 0.253. The first-order chi connectivity index (χ1) is 7.70. The normalized spacial score (nSPS) is 41.4. The molecule has 2 saturated heterocycles. The number of hydrogen-bond acceptors (Lipinski definition) is 6. The number of rotatable bonds is 1. The standard InChI is InChI=1S/C9H18N2O4S2/c1-7-4-16(12,13)3-2-11(7)9-6-17(14,15)5-8(9)10/h7-9H,2-6,10H2,1H3. The van der Waals surface area contributed by atoms with E-state index in [0.29, 0.717) is 6.54 Å². The van der Waals surface area contributed by atoms with Crippen LogP contribution in [0.3, 0.4) is 0 Å². The van der Waals surface area contributed by atoms with Crippen molar-refractivity contribution in [2.45, 2.75) is 25.0 Å². The Morgan fingerprint density at radius 3 is 2.18 bits per heavy atom. The van der Waals surface area contributed by atoms with Crippen LogP contribution in [0, 0.1) is 0 Å². The van der Waals surface area contributed by atoms with Gasteiger partial charge in [-0.1, -0.05) is 0 Å². The van der Waals surface area contributed by atoms with Gasteiger partial charge < -0.3 is 5.73 Å². The lowest BCUT2D eigenvalue weighted by atomic mass is 10.1. The molecule has 0 aromatic carbocycles. The van der Waals surface area contributed by atoms with E-state index in [2.05, 4.69) is 0 Å². The lowest BCUT2D eigenvalue weighted by molar-refractivity contribution is 0.160. The molecule has 0 amide bonds. The van der Waals surface area contributed by atoms with Crippen LogP contribution in [-0.4, -0.2) is 69.4 Å². The van der Waals surface area contributed by atoms with E-state index in [-0.39, 0.29) is 35.1 Å². The molecule has 0 aromatic rings. The molecule has 17 heavy (non-hydrogen) atoms. The molecule has 0 aromatic heterocycles. The first kappa shape index (κ1) is 13.3. The Bertz CT molecular complexity index is 499. The van der Waals surface area contributed by atoms with Gasteiger partial charge in [-0.25, -0.2) is 16.8 Å². The molecule has 2 fully saturated rings. The van der Waals surface area contributed by atoms with E-state index >= 15 is 0 Å². The third kappa shape index (κ3) is 2.81. The maximum atomic E-state index is 11.5. The number of nitrogens with two attached hydrogens (primary N) is 1. The van der Waals surface area contributed by atoms with Crippen LogP contribution in [0.15, 0.2) is 0 Å². The second-order valence-electron chi connectivity index (χ2n) is 5.01. The molecular weight excluding hydrogens is 264 g/mol. The minimum atomic E-state index is -3.06. The molecule has 3 unspecified atom stereocenters. The third-order valence-electron chi connectivity index (χ3n) is 3.51. The zero-order valence-electron chi connectivity index (χ0n) is 9.74. The molecule has 0 saturated carbocycles. The van der Waals surface area contributed by atoms with Gasteiger partial charge in [0.1, 0.15) is 0 Å². The fourth-order valence-electron chi connectivity index (χ4n) is 2.70. The first-order valence-corrected chi connectivity index (χ1v) is 9.27. The van der Waals surface area contributed by atoms with Gasteiger partial charge in [-0.15, -0.1) is 0 Å². The Kier molecular flexibility index (Phi) is 3.26. The Hall–Kier alpha value is -0.180. The topological polar surface area (TPSA) is 97.5 Å². The van der Waals surface area contributed by atoms with Crippen molar-refractivity contribution >= 4 is 19.7 Å². The Labute approximate surface area is 102 Å². The highest BCUT2D eigenvalue weighted by molar-refractivity contribution is 7.92. The van der Waals surface area contributed by atoms with E-state index in [1.54, 1.807) is 0 Å². The third-order valence-corrected chi connectivity index (χ3v) is 7.05. The molecule has 2 heterocycles. The molecule has 2 aliphatic rings. The van der Waals surface area contributed by atoms with Gasteiger partial charge in [0.25, 0.3) is 0 Å². The van der Waals surface area contributed by atoms with Crippen molar-refractivity contribution in [1.29, 1.82) is 0 Å². The minimum Gasteiger partial charge on any atom is -0.325 e. The fraction of sp³-hybridized carbons (Fsp3) is 1.00. The van der Waals surface area contributed by atoms with Gasteiger partial charge in [-0.05, 0) is 6.92 Å². The average molecular weight is 282 g/mol.